The summed E-state index contributed by atoms with van der Waals surface area (Å²) < 4.78 is 0. The van der Waals surface area contributed by atoms with Crippen molar-refractivity contribution < 1.29 is 0 Å². The lowest BCUT2D eigenvalue weighted by Crippen LogP contribution is -2.05. The summed E-state index contributed by atoms with van der Waals surface area (Å²) in [4.78, 5) is 0. The van der Waals surface area contributed by atoms with E-state index in [0.29, 0.717) is 0 Å². The molecule has 0 amide bonds. The molecule has 88 valence electrons. The molecule has 0 aromatic heterocycles. The molecule has 0 aliphatic heterocycles. The van der Waals surface area contributed by atoms with Crippen LogP contribution in [0.15, 0.2) is 54.6 Å². The molecule has 2 N–H and O–H groups in total. The molecule has 0 aliphatic rings. The zero-order valence-corrected chi connectivity index (χ0v) is 10.1. The lowest BCUT2D eigenvalue weighted by atomic mass is 10.2. The lowest BCUT2D eigenvalue weighted by Gasteiger charge is -2.07. The molecule has 0 aliphatic carbocycles. The van der Waals surface area contributed by atoms with E-state index in [1.807, 2.05) is 13.1 Å². The SMILES string of the molecule is CNCc1ccc(NCc2ccccc2)cc1. The topological polar surface area (TPSA) is 24.1 Å². The first-order valence-corrected chi connectivity index (χ1v) is 5.90. The van der Waals surface area contributed by atoms with Crippen molar-refractivity contribution in [1.29, 1.82) is 0 Å². The van der Waals surface area contributed by atoms with Gasteiger partial charge in [-0.2, -0.15) is 0 Å². The normalized spacial score (nSPS) is 10.2. The van der Waals surface area contributed by atoms with Crippen molar-refractivity contribution in [3.63, 3.8) is 0 Å². The minimum atomic E-state index is 0.867. The Morgan fingerprint density at radius 3 is 2.06 bits per heavy atom. The summed E-state index contributed by atoms with van der Waals surface area (Å²) in [5, 5.41) is 6.55. The molecule has 2 aromatic carbocycles. The average Bonchev–Trinajstić information content (AvgIpc) is 2.40. The largest absolute Gasteiger partial charge is 0.381 e. The Bertz CT molecular complexity index is 434. The first-order chi connectivity index (χ1) is 8.38. The van der Waals surface area contributed by atoms with Crippen molar-refractivity contribution in [3.05, 3.63) is 65.7 Å². The fourth-order valence-corrected chi connectivity index (χ4v) is 1.74. The van der Waals surface area contributed by atoms with Crippen LogP contribution in [0.5, 0.6) is 0 Å². The summed E-state index contributed by atoms with van der Waals surface area (Å²) in [6.45, 7) is 1.78. The predicted molar refractivity (Wildman–Crippen MR) is 73.0 cm³/mol. The van der Waals surface area contributed by atoms with E-state index in [-0.39, 0.29) is 0 Å². The van der Waals surface area contributed by atoms with Crippen LogP contribution in [0.4, 0.5) is 5.69 Å². The zero-order valence-electron chi connectivity index (χ0n) is 10.1. The Kier molecular flexibility index (Phi) is 4.17. The summed E-state index contributed by atoms with van der Waals surface area (Å²) in [5.41, 5.74) is 3.76. The summed E-state index contributed by atoms with van der Waals surface area (Å²) in [6.07, 6.45) is 0. The molecule has 0 radical (unpaired) electrons. The first kappa shape index (κ1) is 11.7. The minimum absolute atomic E-state index is 0.867. The highest BCUT2D eigenvalue weighted by atomic mass is 14.9. The van der Waals surface area contributed by atoms with E-state index < -0.39 is 0 Å². The molecule has 2 aromatic rings. The highest BCUT2D eigenvalue weighted by Crippen LogP contribution is 2.11. The maximum Gasteiger partial charge on any atom is 0.0400 e. The number of anilines is 1. The van der Waals surface area contributed by atoms with Gasteiger partial charge in [0.1, 0.15) is 0 Å². The first-order valence-electron chi connectivity index (χ1n) is 5.90. The van der Waals surface area contributed by atoms with E-state index in [9.17, 15) is 0 Å². The molecule has 17 heavy (non-hydrogen) atoms. The third-order valence-electron chi connectivity index (χ3n) is 2.67. The van der Waals surface area contributed by atoms with E-state index in [4.69, 9.17) is 0 Å². The summed E-state index contributed by atoms with van der Waals surface area (Å²) in [5.74, 6) is 0. The molecule has 0 atom stereocenters. The lowest BCUT2D eigenvalue weighted by molar-refractivity contribution is 0.818. The van der Waals surface area contributed by atoms with Gasteiger partial charge in [-0.05, 0) is 30.3 Å². The molecule has 0 bridgehead atoms. The quantitative estimate of drug-likeness (QED) is 0.819. The van der Waals surface area contributed by atoms with Gasteiger partial charge in [0.2, 0.25) is 0 Å². The van der Waals surface area contributed by atoms with Gasteiger partial charge in [-0.15, -0.1) is 0 Å². The molecular weight excluding hydrogens is 208 g/mol. The Labute approximate surface area is 103 Å². The standard InChI is InChI=1S/C15H18N2/c1-16-11-14-7-9-15(10-8-14)17-12-13-5-3-2-4-6-13/h2-10,16-17H,11-12H2,1H3. The van der Waals surface area contributed by atoms with Crippen molar-refractivity contribution in [2.45, 2.75) is 13.1 Å². The van der Waals surface area contributed by atoms with Crippen LogP contribution in [0.3, 0.4) is 0 Å². The summed E-state index contributed by atoms with van der Waals surface area (Å²) in [7, 11) is 1.96. The molecule has 0 spiro atoms. The molecule has 0 fully saturated rings. The summed E-state index contributed by atoms with van der Waals surface area (Å²) in [6, 6.07) is 18.9. The highest BCUT2D eigenvalue weighted by Gasteiger charge is 1.94. The second-order valence-corrected chi connectivity index (χ2v) is 4.07. The van der Waals surface area contributed by atoms with Crippen molar-refractivity contribution in [2.24, 2.45) is 0 Å². The van der Waals surface area contributed by atoms with E-state index in [1.54, 1.807) is 0 Å². The Hall–Kier alpha value is -1.80. The molecular formula is C15H18N2. The van der Waals surface area contributed by atoms with E-state index >= 15 is 0 Å². The number of benzene rings is 2. The Morgan fingerprint density at radius 2 is 1.41 bits per heavy atom. The molecule has 0 unspecified atom stereocenters. The van der Waals surface area contributed by atoms with Gasteiger partial charge < -0.3 is 10.6 Å². The zero-order chi connectivity index (χ0) is 11.9. The monoisotopic (exact) mass is 226 g/mol. The van der Waals surface area contributed by atoms with Gasteiger partial charge in [-0.3, -0.25) is 0 Å². The van der Waals surface area contributed by atoms with Crippen LogP contribution >= 0.6 is 0 Å². The van der Waals surface area contributed by atoms with Crippen molar-refractivity contribution in [3.8, 4) is 0 Å². The average molecular weight is 226 g/mol. The fraction of sp³-hybridized carbons (Fsp3) is 0.200. The highest BCUT2D eigenvalue weighted by molar-refractivity contribution is 5.45. The van der Waals surface area contributed by atoms with Gasteiger partial charge >= 0.3 is 0 Å². The van der Waals surface area contributed by atoms with Gasteiger partial charge in [0, 0.05) is 18.8 Å². The number of hydrogen-bond acceptors (Lipinski definition) is 2. The number of hydrogen-bond donors (Lipinski definition) is 2. The molecule has 0 saturated heterocycles. The molecule has 0 saturated carbocycles. The maximum atomic E-state index is 3.41. The second kappa shape index (κ2) is 6.06. The number of rotatable bonds is 5. The van der Waals surface area contributed by atoms with Gasteiger partial charge in [0.05, 0.1) is 0 Å². The van der Waals surface area contributed by atoms with Crippen LogP contribution in [0.25, 0.3) is 0 Å². The fourth-order valence-electron chi connectivity index (χ4n) is 1.74. The maximum absolute atomic E-state index is 3.41. The van der Waals surface area contributed by atoms with Crippen molar-refractivity contribution in [1.82, 2.24) is 5.32 Å². The van der Waals surface area contributed by atoms with Crippen LogP contribution in [0, 0.1) is 0 Å². The van der Waals surface area contributed by atoms with Crippen LogP contribution < -0.4 is 10.6 Å². The third kappa shape index (κ3) is 3.61. The van der Waals surface area contributed by atoms with E-state index in [1.165, 1.54) is 11.1 Å². The summed E-state index contributed by atoms with van der Waals surface area (Å²) >= 11 is 0. The van der Waals surface area contributed by atoms with Crippen LogP contribution in [0.1, 0.15) is 11.1 Å². The molecule has 0 heterocycles. The molecule has 2 nitrogen and oxygen atoms in total. The second-order valence-electron chi connectivity index (χ2n) is 4.07. The third-order valence-corrected chi connectivity index (χ3v) is 2.67. The molecule has 2 rings (SSSR count). The van der Waals surface area contributed by atoms with Crippen molar-refractivity contribution >= 4 is 5.69 Å². The van der Waals surface area contributed by atoms with Gasteiger partial charge in [0.15, 0.2) is 0 Å². The van der Waals surface area contributed by atoms with E-state index in [2.05, 4.69) is 59.2 Å². The predicted octanol–water partition coefficient (Wildman–Crippen LogP) is 3.02. The minimum Gasteiger partial charge on any atom is -0.381 e. The number of nitrogens with one attached hydrogen (secondary N) is 2. The Balaban J connectivity index is 1.91. The van der Waals surface area contributed by atoms with Gasteiger partial charge in [-0.25, -0.2) is 0 Å². The van der Waals surface area contributed by atoms with Crippen molar-refractivity contribution in [2.75, 3.05) is 12.4 Å². The van der Waals surface area contributed by atoms with Crippen LogP contribution in [0.2, 0.25) is 0 Å². The van der Waals surface area contributed by atoms with Gasteiger partial charge in [-0.1, -0.05) is 42.5 Å². The van der Waals surface area contributed by atoms with E-state index in [0.717, 1.165) is 18.8 Å². The molecule has 2 heteroatoms. The van der Waals surface area contributed by atoms with Gasteiger partial charge in [0.25, 0.3) is 0 Å². The van der Waals surface area contributed by atoms with Crippen LogP contribution in [-0.2, 0) is 13.1 Å². The smallest absolute Gasteiger partial charge is 0.0400 e. The van der Waals surface area contributed by atoms with Crippen LogP contribution in [-0.4, -0.2) is 7.05 Å². The Morgan fingerprint density at radius 1 is 0.765 bits per heavy atom.